The van der Waals surface area contributed by atoms with Crippen molar-refractivity contribution in [3.05, 3.63) is 12.5 Å². The summed E-state index contributed by atoms with van der Waals surface area (Å²) in [5.74, 6) is 0.815. The number of rotatable bonds is 6. The highest BCUT2D eigenvalue weighted by Gasteiger charge is 2.18. The van der Waals surface area contributed by atoms with Gasteiger partial charge >= 0.3 is 0 Å². The minimum atomic E-state index is 0.113. The Labute approximate surface area is 112 Å². The van der Waals surface area contributed by atoms with Crippen LogP contribution in [0.25, 0.3) is 11.0 Å². The SMILES string of the molecule is Cn1ncc2c(NCC(C)(C)CCCO)ncnc21. The molecule has 0 saturated heterocycles. The molecule has 2 heterocycles. The Morgan fingerprint density at radius 1 is 1.37 bits per heavy atom. The molecule has 0 aliphatic carbocycles. The molecule has 0 fully saturated rings. The molecule has 2 N–H and O–H groups in total. The number of hydrogen-bond acceptors (Lipinski definition) is 5. The van der Waals surface area contributed by atoms with Crippen LogP contribution in [-0.2, 0) is 7.05 Å². The molecule has 0 amide bonds. The largest absolute Gasteiger partial charge is 0.396 e. The van der Waals surface area contributed by atoms with Gasteiger partial charge in [-0.05, 0) is 18.3 Å². The van der Waals surface area contributed by atoms with E-state index in [9.17, 15) is 0 Å². The molecule has 0 aliphatic heterocycles. The standard InChI is InChI=1S/C13H21N5O/c1-13(2,5-4-6-19)8-14-11-10-7-17-18(3)12(10)16-9-15-11/h7,9,19H,4-6,8H2,1-3H3,(H,14,15,16). The summed E-state index contributed by atoms with van der Waals surface area (Å²) in [5, 5.41) is 17.4. The second-order valence-corrected chi connectivity index (χ2v) is 5.57. The number of aliphatic hydroxyl groups is 1. The van der Waals surface area contributed by atoms with E-state index < -0.39 is 0 Å². The zero-order chi connectivity index (χ0) is 13.9. The first-order valence-corrected chi connectivity index (χ1v) is 6.51. The van der Waals surface area contributed by atoms with Gasteiger partial charge in [-0.3, -0.25) is 4.68 Å². The van der Waals surface area contributed by atoms with Crippen molar-refractivity contribution in [3.63, 3.8) is 0 Å². The normalized spacial score (nSPS) is 12.0. The predicted molar refractivity (Wildman–Crippen MR) is 74.9 cm³/mol. The molecule has 19 heavy (non-hydrogen) atoms. The maximum atomic E-state index is 8.91. The maximum absolute atomic E-state index is 8.91. The number of nitrogens with one attached hydrogen (secondary N) is 1. The van der Waals surface area contributed by atoms with Crippen LogP contribution in [0.4, 0.5) is 5.82 Å². The fraction of sp³-hybridized carbons (Fsp3) is 0.615. The van der Waals surface area contributed by atoms with E-state index in [1.807, 2.05) is 7.05 Å². The molecule has 2 aromatic heterocycles. The van der Waals surface area contributed by atoms with Gasteiger partial charge in [0.25, 0.3) is 0 Å². The van der Waals surface area contributed by atoms with Crippen molar-refractivity contribution in [1.29, 1.82) is 0 Å². The average molecular weight is 263 g/mol. The Morgan fingerprint density at radius 2 is 2.16 bits per heavy atom. The predicted octanol–water partition coefficient (Wildman–Crippen LogP) is 1.57. The summed E-state index contributed by atoms with van der Waals surface area (Å²) in [6, 6.07) is 0. The zero-order valence-corrected chi connectivity index (χ0v) is 11.7. The highest BCUT2D eigenvalue weighted by Crippen LogP contribution is 2.24. The quantitative estimate of drug-likeness (QED) is 0.827. The summed E-state index contributed by atoms with van der Waals surface area (Å²) in [7, 11) is 1.87. The Bertz CT molecular complexity index is 549. The van der Waals surface area contributed by atoms with Crippen LogP contribution in [0.15, 0.2) is 12.5 Å². The van der Waals surface area contributed by atoms with Crippen molar-refractivity contribution in [2.24, 2.45) is 12.5 Å². The van der Waals surface area contributed by atoms with Crippen molar-refractivity contribution >= 4 is 16.9 Å². The van der Waals surface area contributed by atoms with E-state index >= 15 is 0 Å². The first-order valence-electron chi connectivity index (χ1n) is 6.51. The molecule has 2 rings (SSSR count). The van der Waals surface area contributed by atoms with E-state index in [0.29, 0.717) is 0 Å². The first-order chi connectivity index (χ1) is 9.03. The molecule has 0 saturated carbocycles. The molecule has 0 unspecified atom stereocenters. The van der Waals surface area contributed by atoms with Gasteiger partial charge in [-0.25, -0.2) is 9.97 Å². The maximum Gasteiger partial charge on any atom is 0.163 e. The third kappa shape index (κ3) is 3.20. The third-order valence-corrected chi connectivity index (χ3v) is 3.28. The van der Waals surface area contributed by atoms with Crippen molar-refractivity contribution in [2.45, 2.75) is 26.7 Å². The second-order valence-electron chi connectivity index (χ2n) is 5.57. The number of hydrogen-bond donors (Lipinski definition) is 2. The second kappa shape index (κ2) is 5.52. The molecule has 104 valence electrons. The minimum Gasteiger partial charge on any atom is -0.396 e. The number of fused-ring (bicyclic) bond motifs is 1. The van der Waals surface area contributed by atoms with E-state index in [1.165, 1.54) is 0 Å². The first kappa shape index (κ1) is 13.7. The van der Waals surface area contributed by atoms with Crippen LogP contribution in [-0.4, -0.2) is 38.0 Å². The summed E-state index contributed by atoms with van der Waals surface area (Å²) in [5.41, 5.74) is 0.938. The van der Waals surface area contributed by atoms with Gasteiger partial charge < -0.3 is 10.4 Å². The summed E-state index contributed by atoms with van der Waals surface area (Å²) in [6.45, 7) is 5.40. The van der Waals surface area contributed by atoms with Gasteiger partial charge in [0.2, 0.25) is 0 Å². The third-order valence-electron chi connectivity index (χ3n) is 3.28. The van der Waals surface area contributed by atoms with Crippen molar-refractivity contribution < 1.29 is 5.11 Å². The minimum absolute atomic E-state index is 0.113. The molecule has 0 radical (unpaired) electrons. The van der Waals surface area contributed by atoms with Gasteiger partial charge in [0.15, 0.2) is 5.65 Å². The van der Waals surface area contributed by atoms with Gasteiger partial charge in [0.1, 0.15) is 12.1 Å². The smallest absolute Gasteiger partial charge is 0.163 e. The van der Waals surface area contributed by atoms with Crippen LogP contribution in [0.1, 0.15) is 26.7 Å². The lowest BCUT2D eigenvalue weighted by molar-refractivity contribution is 0.248. The van der Waals surface area contributed by atoms with Gasteiger partial charge in [-0.15, -0.1) is 0 Å². The van der Waals surface area contributed by atoms with Gasteiger partial charge in [-0.2, -0.15) is 5.10 Å². The van der Waals surface area contributed by atoms with E-state index in [-0.39, 0.29) is 12.0 Å². The molecular formula is C13H21N5O. The highest BCUT2D eigenvalue weighted by atomic mass is 16.2. The summed E-state index contributed by atoms with van der Waals surface area (Å²) in [4.78, 5) is 8.49. The molecule has 0 aliphatic rings. The zero-order valence-electron chi connectivity index (χ0n) is 11.7. The van der Waals surface area contributed by atoms with E-state index in [4.69, 9.17) is 5.11 Å². The fourth-order valence-electron chi connectivity index (χ4n) is 2.07. The fourth-order valence-corrected chi connectivity index (χ4v) is 2.07. The number of nitrogens with zero attached hydrogens (tertiary/aromatic N) is 4. The lowest BCUT2D eigenvalue weighted by Crippen LogP contribution is -2.24. The van der Waals surface area contributed by atoms with Crippen molar-refractivity contribution in [3.8, 4) is 0 Å². The van der Waals surface area contributed by atoms with E-state index in [2.05, 4.69) is 34.2 Å². The topological polar surface area (TPSA) is 75.9 Å². The molecule has 0 aromatic carbocycles. The molecule has 0 bridgehead atoms. The number of aromatic nitrogens is 4. The van der Waals surface area contributed by atoms with Crippen LogP contribution >= 0.6 is 0 Å². The van der Waals surface area contributed by atoms with E-state index in [1.54, 1.807) is 17.2 Å². The number of aliphatic hydroxyl groups excluding tert-OH is 1. The molecule has 0 atom stereocenters. The van der Waals surface area contributed by atoms with Gasteiger partial charge in [0, 0.05) is 20.2 Å². The Hall–Kier alpha value is -1.69. The van der Waals surface area contributed by atoms with Crippen LogP contribution < -0.4 is 5.32 Å². The molecule has 6 nitrogen and oxygen atoms in total. The highest BCUT2D eigenvalue weighted by molar-refractivity contribution is 5.85. The monoisotopic (exact) mass is 263 g/mol. The molecular weight excluding hydrogens is 242 g/mol. The van der Waals surface area contributed by atoms with Crippen LogP contribution in [0.5, 0.6) is 0 Å². The van der Waals surface area contributed by atoms with Gasteiger partial charge in [0.05, 0.1) is 11.6 Å². The molecule has 2 aromatic rings. The average Bonchev–Trinajstić information content (AvgIpc) is 2.77. The van der Waals surface area contributed by atoms with Crippen molar-refractivity contribution in [1.82, 2.24) is 19.7 Å². The number of aryl methyl sites for hydroxylation is 1. The Morgan fingerprint density at radius 3 is 2.89 bits per heavy atom. The van der Waals surface area contributed by atoms with Crippen LogP contribution in [0.3, 0.4) is 0 Å². The molecule has 6 heteroatoms. The Balaban J connectivity index is 2.09. The summed E-state index contributed by atoms with van der Waals surface area (Å²) >= 11 is 0. The summed E-state index contributed by atoms with van der Waals surface area (Å²) in [6.07, 6.45) is 5.12. The Kier molecular flexibility index (Phi) is 3.99. The van der Waals surface area contributed by atoms with E-state index in [0.717, 1.165) is 36.2 Å². The van der Waals surface area contributed by atoms with Crippen LogP contribution in [0.2, 0.25) is 0 Å². The van der Waals surface area contributed by atoms with Crippen molar-refractivity contribution in [2.75, 3.05) is 18.5 Å². The van der Waals surface area contributed by atoms with Crippen LogP contribution in [0, 0.1) is 5.41 Å². The van der Waals surface area contributed by atoms with Gasteiger partial charge in [-0.1, -0.05) is 13.8 Å². The number of anilines is 1. The lowest BCUT2D eigenvalue weighted by atomic mass is 9.88. The summed E-state index contributed by atoms with van der Waals surface area (Å²) < 4.78 is 1.74. The molecule has 0 spiro atoms. The lowest BCUT2D eigenvalue weighted by Gasteiger charge is -2.25.